The number of dihydropyridines is 1. The molecule has 0 saturated carbocycles. The van der Waals surface area contributed by atoms with Crippen molar-refractivity contribution in [1.82, 2.24) is 10.3 Å². The van der Waals surface area contributed by atoms with Gasteiger partial charge >= 0.3 is 5.97 Å². The Kier molecular flexibility index (Phi) is 6.17. The number of nitrogens with zero attached hydrogens (tertiary/aromatic N) is 2. The van der Waals surface area contributed by atoms with Crippen molar-refractivity contribution in [3.8, 4) is 11.1 Å². The van der Waals surface area contributed by atoms with Gasteiger partial charge in [-0.1, -0.05) is 42.5 Å². The average Bonchev–Trinajstić information content (AvgIpc) is 2.80. The molecule has 0 aliphatic carbocycles. The molecule has 0 bridgehead atoms. The number of carbonyl (C=O) groups excluding carboxylic acids is 1. The van der Waals surface area contributed by atoms with Crippen molar-refractivity contribution in [1.29, 1.82) is 0 Å². The number of aromatic nitrogens is 1. The van der Waals surface area contributed by atoms with E-state index in [4.69, 9.17) is 4.74 Å². The van der Waals surface area contributed by atoms with Gasteiger partial charge in [0, 0.05) is 29.7 Å². The summed E-state index contributed by atoms with van der Waals surface area (Å²) in [5.74, 6) is -0.659. The van der Waals surface area contributed by atoms with Crippen LogP contribution < -0.4 is 5.32 Å². The molecular weight excluding hydrogens is 398 g/mol. The maximum absolute atomic E-state index is 13.1. The number of carbonyl (C=O) groups is 1. The predicted octanol–water partition coefficient (Wildman–Crippen LogP) is 5.40. The van der Waals surface area contributed by atoms with Gasteiger partial charge in [-0.15, -0.1) is 0 Å². The first-order chi connectivity index (χ1) is 15.6. The zero-order chi connectivity index (χ0) is 22.7. The van der Waals surface area contributed by atoms with Crippen molar-refractivity contribution in [3.63, 3.8) is 0 Å². The molecule has 5 heteroatoms. The van der Waals surface area contributed by atoms with Crippen LogP contribution in [0.4, 0.5) is 0 Å². The van der Waals surface area contributed by atoms with Crippen LogP contribution >= 0.6 is 0 Å². The van der Waals surface area contributed by atoms with Crippen molar-refractivity contribution in [3.05, 3.63) is 89.0 Å². The van der Waals surface area contributed by atoms with Gasteiger partial charge in [-0.2, -0.15) is 0 Å². The van der Waals surface area contributed by atoms with Crippen LogP contribution in [0.15, 0.2) is 88.5 Å². The topological polar surface area (TPSA) is 63.6 Å². The molecule has 0 amide bonds. The Labute approximate surface area is 188 Å². The molecule has 162 valence electrons. The van der Waals surface area contributed by atoms with E-state index >= 15 is 0 Å². The van der Waals surface area contributed by atoms with Gasteiger partial charge in [-0.25, -0.2) is 4.79 Å². The molecular formula is C27H27N3O2. The van der Waals surface area contributed by atoms with Gasteiger partial charge in [0.05, 0.1) is 18.7 Å². The summed E-state index contributed by atoms with van der Waals surface area (Å²) in [6.45, 7) is 10.2. The number of ether oxygens (including phenoxy) is 1. The molecule has 1 aromatic heterocycles. The van der Waals surface area contributed by atoms with Crippen LogP contribution in [-0.2, 0) is 9.53 Å². The van der Waals surface area contributed by atoms with Gasteiger partial charge in [0.2, 0.25) is 0 Å². The maximum Gasteiger partial charge on any atom is 0.336 e. The average molecular weight is 426 g/mol. The lowest BCUT2D eigenvalue weighted by atomic mass is 9.78. The van der Waals surface area contributed by atoms with E-state index < -0.39 is 0 Å². The molecule has 2 aromatic carbocycles. The Morgan fingerprint density at radius 3 is 2.66 bits per heavy atom. The highest BCUT2D eigenvalue weighted by atomic mass is 16.5. The highest BCUT2D eigenvalue weighted by Gasteiger charge is 2.35. The number of allylic oxidation sites excluding steroid dienone is 2. The van der Waals surface area contributed by atoms with Gasteiger partial charge in [0.25, 0.3) is 0 Å². The van der Waals surface area contributed by atoms with Crippen LogP contribution in [-0.4, -0.2) is 30.8 Å². The lowest BCUT2D eigenvalue weighted by Gasteiger charge is -2.32. The molecule has 1 aliphatic rings. The Morgan fingerprint density at radius 2 is 1.88 bits per heavy atom. The number of aliphatic imine (C=N–C) groups is 1. The molecule has 5 nitrogen and oxygen atoms in total. The molecule has 1 N–H and O–H groups in total. The SMILES string of the molecule is C=NCC1=C(C)NC(C)=C(C(=O)OCC)[C@H]1c1cnccc1-c1cccc2ccccc12. The Bertz CT molecular complexity index is 1250. The Morgan fingerprint density at radius 1 is 1.09 bits per heavy atom. The Hall–Kier alpha value is -3.73. The molecule has 0 spiro atoms. The van der Waals surface area contributed by atoms with Gasteiger partial charge in [-0.05, 0) is 66.6 Å². The summed E-state index contributed by atoms with van der Waals surface area (Å²) in [4.78, 5) is 21.7. The molecule has 2 heterocycles. The Balaban J connectivity index is 1.99. The minimum atomic E-state index is -0.330. The highest BCUT2D eigenvalue weighted by molar-refractivity contribution is 5.99. The lowest BCUT2D eigenvalue weighted by molar-refractivity contribution is -0.138. The number of hydrogen-bond acceptors (Lipinski definition) is 5. The molecule has 0 fully saturated rings. The van der Waals surface area contributed by atoms with Gasteiger partial charge < -0.3 is 10.1 Å². The van der Waals surface area contributed by atoms with E-state index in [1.807, 2.05) is 45.2 Å². The lowest BCUT2D eigenvalue weighted by Crippen LogP contribution is -2.30. The second kappa shape index (κ2) is 9.18. The summed E-state index contributed by atoms with van der Waals surface area (Å²) in [5, 5.41) is 5.66. The minimum absolute atomic E-state index is 0.309. The summed E-state index contributed by atoms with van der Waals surface area (Å²) in [5.41, 5.74) is 6.42. The van der Waals surface area contributed by atoms with E-state index in [1.54, 1.807) is 6.20 Å². The van der Waals surface area contributed by atoms with Crippen LogP contribution in [0.1, 0.15) is 32.3 Å². The predicted molar refractivity (Wildman–Crippen MR) is 130 cm³/mol. The van der Waals surface area contributed by atoms with Crippen LogP contribution in [0.25, 0.3) is 21.9 Å². The summed E-state index contributed by atoms with van der Waals surface area (Å²) >= 11 is 0. The molecule has 1 atom stereocenters. The quantitative estimate of drug-likeness (QED) is 0.424. The summed E-state index contributed by atoms with van der Waals surface area (Å²) in [7, 11) is 0. The van der Waals surface area contributed by atoms with E-state index in [-0.39, 0.29) is 11.9 Å². The number of rotatable bonds is 6. The van der Waals surface area contributed by atoms with Crippen LogP contribution in [0.5, 0.6) is 0 Å². The van der Waals surface area contributed by atoms with Crippen LogP contribution in [0.2, 0.25) is 0 Å². The second-order valence-corrected chi connectivity index (χ2v) is 7.84. The standard InChI is InChI=1S/C27H27N3O2/c1-5-32-27(31)25-18(3)30-17(2)23(15-28-4)26(25)24-16-29-14-13-22(24)21-12-8-10-19-9-6-7-11-20(19)21/h6-14,16,26,30H,4-5,15H2,1-3H3/t26-/m1/s1. The van der Waals surface area contributed by atoms with E-state index in [0.717, 1.165) is 44.4 Å². The van der Waals surface area contributed by atoms with Crippen LogP contribution in [0, 0.1) is 0 Å². The largest absolute Gasteiger partial charge is 0.463 e. The van der Waals surface area contributed by atoms with Crippen molar-refractivity contribution >= 4 is 23.5 Å². The molecule has 4 rings (SSSR count). The monoisotopic (exact) mass is 425 g/mol. The number of benzene rings is 2. The van der Waals surface area contributed by atoms with Crippen molar-refractivity contribution in [2.24, 2.45) is 4.99 Å². The van der Waals surface area contributed by atoms with E-state index in [2.05, 4.69) is 52.3 Å². The van der Waals surface area contributed by atoms with Crippen molar-refractivity contribution in [2.75, 3.05) is 13.2 Å². The molecule has 0 unspecified atom stereocenters. The third-order valence-electron chi connectivity index (χ3n) is 5.92. The fourth-order valence-electron chi connectivity index (χ4n) is 4.53. The number of esters is 1. The first kappa shape index (κ1) is 21.5. The molecule has 32 heavy (non-hydrogen) atoms. The fourth-order valence-corrected chi connectivity index (χ4v) is 4.53. The zero-order valence-corrected chi connectivity index (χ0v) is 18.7. The summed E-state index contributed by atoms with van der Waals surface area (Å²) in [6.07, 6.45) is 3.65. The third-order valence-corrected chi connectivity index (χ3v) is 5.92. The number of pyridine rings is 1. The number of fused-ring (bicyclic) bond motifs is 1. The van der Waals surface area contributed by atoms with E-state index in [9.17, 15) is 4.79 Å². The van der Waals surface area contributed by atoms with E-state index in [1.165, 1.54) is 0 Å². The maximum atomic E-state index is 13.1. The molecule has 3 aromatic rings. The van der Waals surface area contributed by atoms with Gasteiger partial charge in [0.15, 0.2) is 0 Å². The van der Waals surface area contributed by atoms with Gasteiger partial charge in [0.1, 0.15) is 0 Å². The normalized spacial score (nSPS) is 16.2. The third kappa shape index (κ3) is 3.82. The second-order valence-electron chi connectivity index (χ2n) is 7.84. The number of hydrogen-bond donors (Lipinski definition) is 1. The van der Waals surface area contributed by atoms with Crippen molar-refractivity contribution in [2.45, 2.75) is 26.7 Å². The fraction of sp³-hybridized carbons (Fsp3) is 0.222. The van der Waals surface area contributed by atoms with Gasteiger partial charge in [-0.3, -0.25) is 9.98 Å². The number of nitrogens with one attached hydrogen (secondary N) is 1. The summed E-state index contributed by atoms with van der Waals surface area (Å²) in [6, 6.07) is 16.6. The molecule has 1 aliphatic heterocycles. The minimum Gasteiger partial charge on any atom is -0.463 e. The van der Waals surface area contributed by atoms with E-state index in [0.29, 0.717) is 18.7 Å². The first-order valence-corrected chi connectivity index (χ1v) is 10.8. The molecule has 0 saturated heterocycles. The van der Waals surface area contributed by atoms with Crippen molar-refractivity contribution < 1.29 is 9.53 Å². The summed E-state index contributed by atoms with van der Waals surface area (Å²) < 4.78 is 5.46. The first-order valence-electron chi connectivity index (χ1n) is 10.8. The zero-order valence-electron chi connectivity index (χ0n) is 18.7. The highest BCUT2D eigenvalue weighted by Crippen LogP contribution is 2.43. The smallest absolute Gasteiger partial charge is 0.336 e. The van der Waals surface area contributed by atoms with Crippen LogP contribution in [0.3, 0.4) is 0 Å². The molecule has 0 radical (unpaired) electrons.